The number of hydrogen-bond donors (Lipinski definition) is 14. The van der Waals surface area contributed by atoms with Gasteiger partial charge in [-0.25, -0.2) is 0 Å². The number of ketones is 3. The predicted molar refractivity (Wildman–Crippen MR) is 563 cm³/mol. The lowest BCUT2D eigenvalue weighted by molar-refractivity contribution is -0.141. The maximum atomic E-state index is 12.1. The number of amidine groups is 8. The van der Waals surface area contributed by atoms with Gasteiger partial charge in [-0.3, -0.25) is 103 Å². The Balaban J connectivity index is 0.000000249. The van der Waals surface area contributed by atoms with Crippen molar-refractivity contribution < 1.29 is 72.0 Å². The second-order valence-corrected chi connectivity index (χ2v) is 39.9. The van der Waals surface area contributed by atoms with Crippen molar-refractivity contribution in [2.75, 3.05) is 172 Å². The van der Waals surface area contributed by atoms with Gasteiger partial charge >= 0.3 is 11.9 Å². The van der Waals surface area contributed by atoms with Crippen molar-refractivity contribution in [2.45, 2.75) is 262 Å². The molecule has 0 bridgehead atoms. The van der Waals surface area contributed by atoms with Crippen LogP contribution in [0, 0.1) is 17.8 Å². The number of amides is 5. The number of aliphatic hydroxyl groups excluding tert-OH is 1. The molecule has 0 aromatic heterocycles. The third-order valence-corrected chi connectivity index (χ3v) is 22.9. The number of hydrogen-bond acceptors (Lipinski definition) is 34. The summed E-state index contributed by atoms with van der Waals surface area (Å²) in [6.45, 7) is 54.3. The zero-order valence-corrected chi connectivity index (χ0v) is 88.6. The number of rotatable bonds is 35. The van der Waals surface area contributed by atoms with Crippen LogP contribution in [0.25, 0.3) is 0 Å². The highest BCUT2D eigenvalue weighted by Gasteiger charge is 2.32. The first-order valence-corrected chi connectivity index (χ1v) is 50.8. The molecule has 0 radical (unpaired) electrons. The number of Topliss-reactive ketones (excluding diaryl/α,β-unsaturated/α-hetero) is 3. The molecule has 13 rings (SSSR count). The molecule has 5 atom stereocenters. The van der Waals surface area contributed by atoms with Crippen LogP contribution >= 0.6 is 0 Å². The number of aliphatic imine (C=N–C) groups is 8. The first-order chi connectivity index (χ1) is 67.5. The van der Waals surface area contributed by atoms with Gasteiger partial charge in [-0.1, -0.05) is 20.8 Å². The van der Waals surface area contributed by atoms with Crippen molar-refractivity contribution in [3.8, 4) is 0 Å². The molecule has 13 aliphatic rings. The van der Waals surface area contributed by atoms with Gasteiger partial charge in [0, 0.05) is 165 Å². The molecule has 39 heteroatoms. The van der Waals surface area contributed by atoms with E-state index in [-0.39, 0.29) is 96.0 Å². The van der Waals surface area contributed by atoms with Crippen LogP contribution in [0.3, 0.4) is 0 Å². The lowest BCUT2D eigenvalue weighted by Gasteiger charge is -2.36. The molecule has 790 valence electrons. The highest BCUT2D eigenvalue weighted by Crippen LogP contribution is 2.23. The number of esters is 2. The van der Waals surface area contributed by atoms with Crippen molar-refractivity contribution in [3.63, 3.8) is 0 Å². The average molecular weight is 1980 g/mol. The zero-order valence-electron chi connectivity index (χ0n) is 88.6. The summed E-state index contributed by atoms with van der Waals surface area (Å²) in [5.41, 5.74) is 5.85. The fourth-order valence-corrected chi connectivity index (χ4v) is 15.9. The highest BCUT2D eigenvalue weighted by molar-refractivity contribution is 6.12. The Bertz CT molecular complexity index is 4650. The number of methoxy groups -OCH3 is 3. The standard InChI is InChI=1S/2C14H23N3O.C13H21N3O3.2C13H21N3O2.C13H21N3O.C12H19N3O3.C11H19N3O2/c2*1-10(2)16-14-6-12(7-15-14)13(18)9-17-5-4-11(3)8-17;1-9(2)16-11-7-10(8-15-11)13(18)14-6-4-5-12(17)19-3;1-9(2)16-12-6-10(7-14-12)13(17)15-8-11-4-3-5-18-11;1-8(2)15-12-6-9(7-14-12)13(18)16-10-4-3-5-11(10)17;1-9(2)15-13-4-11(5-14-13)12(17)8-16-6-10(3)7-16;1-8(2)15-10-6-9(7-14-10)12(17)13-5-4-11(16)18-3;1-8(2)14-10-6-9(7-13-10)11(15)12-4-5-16-3/h2*6,10-11H,4-5,7-9H2,1-3H3,(H,15,16);7,9H,4-6,8H2,1-3H3,(H,14,18)(H,15,16);6,9,11H,3-5,7-8H2,1-2H3,(H,14,16)(H,15,17);6,8,10-11,17H,3-5,7H2,1-2H3,(H,14,15)(H,16,18);4,9-10H,5-8H2,1-3H3,(H,14,15);6,8H,4-5,7H2,1-3H3,(H,13,17)(H,14,15);6,8H,4-5,7H2,1-3H3,(H,12,15)(H,13,14)/t2*11-;;;10-,11-;;;/m10..1.../s1. The maximum Gasteiger partial charge on any atom is 0.307 e. The van der Waals surface area contributed by atoms with Gasteiger partial charge in [0.1, 0.15) is 46.7 Å². The summed E-state index contributed by atoms with van der Waals surface area (Å²) in [6, 6.07) is 2.50. The molecule has 4 saturated heterocycles. The van der Waals surface area contributed by atoms with E-state index in [1.54, 1.807) is 31.4 Å². The minimum absolute atomic E-state index is 0.0326. The molecule has 12 aliphatic heterocycles. The summed E-state index contributed by atoms with van der Waals surface area (Å²) < 4.78 is 19.3. The van der Waals surface area contributed by atoms with Crippen LogP contribution in [0.2, 0.25) is 0 Å². The number of carbonyl (C=O) groups is 10. The molecule has 0 spiro atoms. The molecule has 5 fully saturated rings. The molecule has 0 aromatic rings. The van der Waals surface area contributed by atoms with E-state index >= 15 is 0 Å². The fourth-order valence-electron chi connectivity index (χ4n) is 15.9. The molecule has 1 unspecified atom stereocenters. The smallest absolute Gasteiger partial charge is 0.307 e. The fraction of sp³-hybridized carbons (Fsp3) is 0.670. The summed E-state index contributed by atoms with van der Waals surface area (Å²) in [4.78, 5) is 158. The first-order valence-electron chi connectivity index (χ1n) is 50.8. The minimum Gasteiger partial charge on any atom is -0.469 e. The van der Waals surface area contributed by atoms with Crippen molar-refractivity contribution in [2.24, 2.45) is 57.7 Å². The van der Waals surface area contributed by atoms with E-state index < -0.39 is 6.10 Å². The molecule has 5 amide bonds. The van der Waals surface area contributed by atoms with E-state index in [2.05, 4.69) is 196 Å². The maximum absolute atomic E-state index is 12.1. The number of ether oxygens (including phenoxy) is 4. The van der Waals surface area contributed by atoms with Gasteiger partial charge in [0.05, 0.1) is 117 Å². The second-order valence-electron chi connectivity index (χ2n) is 39.9. The van der Waals surface area contributed by atoms with E-state index in [1.165, 1.54) is 27.1 Å². The number of likely N-dealkylation sites (tertiary alicyclic amines) is 3. The number of nitrogens with one attached hydrogen (secondary N) is 13. The van der Waals surface area contributed by atoms with Gasteiger partial charge in [-0.15, -0.1) is 0 Å². The summed E-state index contributed by atoms with van der Waals surface area (Å²) in [6.07, 6.45) is 22.6. The Hall–Kier alpha value is -11.3. The molecule has 14 N–H and O–H groups in total. The van der Waals surface area contributed by atoms with Gasteiger partial charge in [0.2, 0.25) is 29.5 Å². The SMILES string of the molecule is CC(C)NC1=NCC(C(=O)CN2CC[C@@H](C)C2)=C1.CC(C)NC1=NCC(C(=O)CN2CC[C@H](C)C2)=C1.CC(C)NC1=NCC(C(=O)NCC2CCCO2)=C1.CC(C)NC1=NCC(C(=O)N[C@@H]2CCC[C@H]2O)=C1.CC1CN(CC(=O)C2=CC(NC(C)C)=NC2)C1.COC(=O)CCCNC(=O)C1=CC(NC(C)C)=NC1.COC(=O)CCNC(=O)C1=CC(NC(C)C)=NC1.COCCNC(=O)C1=CC(NC(C)C)=NC1. The van der Waals surface area contributed by atoms with Gasteiger partial charge in [-0.05, 0) is 242 Å². The van der Waals surface area contributed by atoms with E-state index in [9.17, 15) is 53.1 Å². The molecule has 1 saturated carbocycles. The Morgan fingerprint density at radius 3 is 0.958 bits per heavy atom. The van der Waals surface area contributed by atoms with Crippen LogP contribution in [-0.4, -0.2) is 364 Å². The molecule has 0 aromatic carbocycles. The lowest BCUT2D eigenvalue weighted by Crippen LogP contribution is -2.47. The van der Waals surface area contributed by atoms with Crippen molar-refractivity contribution in [1.82, 2.24) is 83.8 Å². The molecular formula is C103H168N24O15. The first kappa shape index (κ1) is 119. The molecule has 1 aliphatic carbocycles. The minimum atomic E-state index is -0.398. The van der Waals surface area contributed by atoms with Crippen LogP contribution in [0.4, 0.5) is 0 Å². The molecule has 142 heavy (non-hydrogen) atoms. The summed E-state index contributed by atoms with van der Waals surface area (Å²) in [5.74, 6) is 8.12. The highest BCUT2D eigenvalue weighted by atomic mass is 16.5. The Morgan fingerprint density at radius 2 is 0.662 bits per heavy atom. The quantitative estimate of drug-likeness (QED) is 0.0300. The second kappa shape index (κ2) is 63.7. The average Bonchev–Trinajstić information content (AvgIpc) is 1.71. The third kappa shape index (κ3) is 47.3. The monoisotopic (exact) mass is 1980 g/mol. The van der Waals surface area contributed by atoms with E-state index in [1.807, 2.05) is 93.5 Å². The topological polar surface area (TPSA) is 493 Å². The van der Waals surface area contributed by atoms with Gasteiger partial charge in [0.25, 0.3) is 0 Å². The number of aliphatic hydroxyl groups is 1. The van der Waals surface area contributed by atoms with E-state index in [0.717, 1.165) is 165 Å². The molecule has 39 nitrogen and oxygen atoms in total. The molecule has 12 heterocycles. The van der Waals surface area contributed by atoms with Crippen LogP contribution in [0.1, 0.15) is 196 Å². The van der Waals surface area contributed by atoms with Crippen molar-refractivity contribution >= 4 is 106 Å². The van der Waals surface area contributed by atoms with Crippen LogP contribution in [0.15, 0.2) is 133 Å². The van der Waals surface area contributed by atoms with Crippen molar-refractivity contribution in [3.05, 3.63) is 93.2 Å². The number of carbonyl (C=O) groups excluding carboxylic acids is 10. The summed E-state index contributed by atoms with van der Waals surface area (Å²) in [5, 5.41) is 49.2. The largest absolute Gasteiger partial charge is 0.469 e. The lowest BCUT2D eigenvalue weighted by atomic mass is 10.0. The molecular weight excluding hydrogens is 1810 g/mol. The predicted octanol–water partition coefficient (Wildman–Crippen LogP) is 4.76. The van der Waals surface area contributed by atoms with E-state index in [4.69, 9.17) is 9.47 Å². The Morgan fingerprint density at radius 1 is 0.359 bits per heavy atom. The summed E-state index contributed by atoms with van der Waals surface area (Å²) in [7, 11) is 4.28. The number of nitrogens with zero attached hydrogens (tertiary/aromatic N) is 11. The van der Waals surface area contributed by atoms with Gasteiger partial charge in [-0.2, -0.15) is 0 Å². The van der Waals surface area contributed by atoms with Crippen LogP contribution < -0.4 is 69.1 Å². The Kier molecular flexibility index (Phi) is 53.6. The summed E-state index contributed by atoms with van der Waals surface area (Å²) >= 11 is 0. The zero-order chi connectivity index (χ0) is 104. The van der Waals surface area contributed by atoms with Crippen LogP contribution in [-0.2, 0) is 66.9 Å². The normalized spacial score (nSPS) is 20.3. The Labute approximate surface area is 842 Å². The van der Waals surface area contributed by atoms with Gasteiger partial charge < -0.3 is 93.2 Å². The van der Waals surface area contributed by atoms with Crippen molar-refractivity contribution in [1.29, 1.82) is 0 Å². The van der Waals surface area contributed by atoms with E-state index in [0.29, 0.717) is 170 Å². The van der Waals surface area contributed by atoms with Gasteiger partial charge in [0.15, 0.2) is 17.3 Å². The van der Waals surface area contributed by atoms with Crippen LogP contribution in [0.5, 0.6) is 0 Å². The third-order valence-electron chi connectivity index (χ3n) is 22.9.